The number of methoxy groups -OCH3 is 1. The normalized spacial score (nSPS) is 19.6. The molecule has 0 saturated carbocycles. The molecule has 0 radical (unpaired) electrons. The van der Waals surface area contributed by atoms with Crippen LogP contribution in [-0.2, 0) is 9.53 Å². The molecule has 0 amide bonds. The van der Waals surface area contributed by atoms with Gasteiger partial charge in [-0.15, -0.1) is 0 Å². The molecule has 0 saturated heterocycles. The van der Waals surface area contributed by atoms with Gasteiger partial charge in [0.2, 0.25) is 0 Å². The van der Waals surface area contributed by atoms with Gasteiger partial charge < -0.3 is 15.6 Å². The highest BCUT2D eigenvalue weighted by Crippen LogP contribution is 2.08. The smallest absolute Gasteiger partial charge is 0.326 e. The third-order valence-electron chi connectivity index (χ3n) is 1.66. The lowest BCUT2D eigenvalue weighted by Crippen LogP contribution is -2.54. The maximum absolute atomic E-state index is 10.4. The summed E-state index contributed by atoms with van der Waals surface area (Å²) in [6, 6.07) is 0. The molecule has 0 heterocycles. The SMILES string of the molecule is COC(C)C(C)(N)C(=O)O. The highest BCUT2D eigenvalue weighted by molar-refractivity contribution is 5.78. The Morgan fingerprint density at radius 2 is 2.20 bits per heavy atom. The van der Waals surface area contributed by atoms with E-state index >= 15 is 0 Å². The second-order valence-electron chi connectivity index (χ2n) is 2.47. The van der Waals surface area contributed by atoms with Gasteiger partial charge in [-0.05, 0) is 13.8 Å². The fourth-order valence-electron chi connectivity index (χ4n) is 0.419. The number of carboxylic acid groups (broad SMARTS) is 1. The molecule has 60 valence electrons. The quantitative estimate of drug-likeness (QED) is 0.581. The first-order valence-electron chi connectivity index (χ1n) is 2.98. The minimum atomic E-state index is -1.30. The van der Waals surface area contributed by atoms with Crippen LogP contribution < -0.4 is 5.73 Å². The molecule has 0 aliphatic carbocycles. The van der Waals surface area contributed by atoms with Gasteiger partial charge in [-0.1, -0.05) is 0 Å². The summed E-state index contributed by atoms with van der Waals surface area (Å²) >= 11 is 0. The number of carbonyl (C=O) groups is 1. The molecule has 2 atom stereocenters. The van der Waals surface area contributed by atoms with E-state index in [-0.39, 0.29) is 0 Å². The van der Waals surface area contributed by atoms with Crippen molar-refractivity contribution in [1.29, 1.82) is 0 Å². The van der Waals surface area contributed by atoms with Gasteiger partial charge >= 0.3 is 5.97 Å². The molecule has 2 unspecified atom stereocenters. The Hall–Kier alpha value is -0.610. The summed E-state index contributed by atoms with van der Waals surface area (Å²) < 4.78 is 4.77. The van der Waals surface area contributed by atoms with Crippen LogP contribution in [0.3, 0.4) is 0 Å². The van der Waals surface area contributed by atoms with Crippen molar-refractivity contribution in [3.8, 4) is 0 Å². The third kappa shape index (κ3) is 1.68. The van der Waals surface area contributed by atoms with Gasteiger partial charge in [0.05, 0.1) is 6.10 Å². The third-order valence-corrected chi connectivity index (χ3v) is 1.66. The van der Waals surface area contributed by atoms with E-state index in [2.05, 4.69) is 0 Å². The molecule has 0 rings (SSSR count). The average Bonchev–Trinajstić information content (AvgIpc) is 1.86. The summed E-state index contributed by atoms with van der Waals surface area (Å²) in [5.41, 5.74) is 4.09. The highest BCUT2D eigenvalue weighted by atomic mass is 16.5. The first-order valence-corrected chi connectivity index (χ1v) is 2.98. The first kappa shape index (κ1) is 9.39. The zero-order chi connectivity index (χ0) is 8.36. The Balaban J connectivity index is 4.23. The number of hydrogen-bond donors (Lipinski definition) is 2. The fourth-order valence-corrected chi connectivity index (χ4v) is 0.419. The van der Waals surface area contributed by atoms with Crippen molar-refractivity contribution in [1.82, 2.24) is 0 Å². The van der Waals surface area contributed by atoms with Crippen LogP contribution >= 0.6 is 0 Å². The minimum absolute atomic E-state index is 0.481. The van der Waals surface area contributed by atoms with Crippen molar-refractivity contribution < 1.29 is 14.6 Å². The standard InChI is InChI=1S/C6H13NO3/c1-4(10-3)6(2,7)5(8)9/h4H,7H2,1-3H3,(H,8,9). The summed E-state index contributed by atoms with van der Waals surface area (Å²) in [6.45, 7) is 3.04. The van der Waals surface area contributed by atoms with Crippen LogP contribution in [0.1, 0.15) is 13.8 Å². The highest BCUT2D eigenvalue weighted by Gasteiger charge is 2.34. The fraction of sp³-hybridized carbons (Fsp3) is 0.833. The number of nitrogens with two attached hydrogens (primary N) is 1. The zero-order valence-electron chi connectivity index (χ0n) is 6.42. The summed E-state index contributed by atoms with van der Waals surface area (Å²) in [4.78, 5) is 10.4. The van der Waals surface area contributed by atoms with Crippen molar-refractivity contribution in [3.63, 3.8) is 0 Å². The van der Waals surface area contributed by atoms with Crippen LogP contribution in [0.25, 0.3) is 0 Å². The molecule has 0 aliphatic rings. The Kier molecular flexibility index (Phi) is 2.80. The predicted octanol–water partition coefficient (Wildman–Crippen LogP) is -0.177. The van der Waals surface area contributed by atoms with Gasteiger partial charge in [-0.3, -0.25) is 4.79 Å². The van der Waals surface area contributed by atoms with E-state index < -0.39 is 17.6 Å². The van der Waals surface area contributed by atoms with E-state index in [1.54, 1.807) is 6.92 Å². The molecular formula is C6H13NO3. The molecule has 4 heteroatoms. The van der Waals surface area contributed by atoms with Gasteiger partial charge in [-0.2, -0.15) is 0 Å². The molecule has 4 nitrogen and oxygen atoms in total. The number of hydrogen-bond acceptors (Lipinski definition) is 3. The lowest BCUT2D eigenvalue weighted by molar-refractivity contribution is -0.147. The monoisotopic (exact) mass is 147 g/mol. The second kappa shape index (κ2) is 2.98. The maximum Gasteiger partial charge on any atom is 0.326 e. The van der Waals surface area contributed by atoms with Crippen molar-refractivity contribution >= 4 is 5.97 Å². The topological polar surface area (TPSA) is 72.5 Å². The van der Waals surface area contributed by atoms with Crippen LogP contribution in [0.2, 0.25) is 0 Å². The zero-order valence-corrected chi connectivity index (χ0v) is 6.42. The van der Waals surface area contributed by atoms with E-state index in [1.807, 2.05) is 0 Å². The van der Waals surface area contributed by atoms with E-state index in [0.29, 0.717) is 0 Å². The van der Waals surface area contributed by atoms with Gasteiger partial charge in [0.15, 0.2) is 0 Å². The molecule has 10 heavy (non-hydrogen) atoms. The van der Waals surface area contributed by atoms with Crippen LogP contribution in [0, 0.1) is 0 Å². The van der Waals surface area contributed by atoms with E-state index in [4.69, 9.17) is 15.6 Å². The second-order valence-corrected chi connectivity index (χ2v) is 2.47. The van der Waals surface area contributed by atoms with E-state index in [1.165, 1.54) is 14.0 Å². The van der Waals surface area contributed by atoms with Crippen molar-refractivity contribution in [3.05, 3.63) is 0 Å². The summed E-state index contributed by atoms with van der Waals surface area (Å²) in [5, 5.41) is 8.54. The van der Waals surface area contributed by atoms with Gasteiger partial charge in [0.25, 0.3) is 0 Å². The van der Waals surface area contributed by atoms with Crippen molar-refractivity contribution in [2.24, 2.45) is 5.73 Å². The van der Waals surface area contributed by atoms with Crippen LogP contribution in [-0.4, -0.2) is 29.8 Å². The Morgan fingerprint density at radius 3 is 2.30 bits per heavy atom. The van der Waals surface area contributed by atoms with Crippen LogP contribution in [0.4, 0.5) is 0 Å². The van der Waals surface area contributed by atoms with Crippen LogP contribution in [0.5, 0.6) is 0 Å². The van der Waals surface area contributed by atoms with E-state index in [9.17, 15) is 4.79 Å². The molecule has 0 aromatic heterocycles. The largest absolute Gasteiger partial charge is 0.480 e. The average molecular weight is 147 g/mol. The molecule has 3 N–H and O–H groups in total. The van der Waals surface area contributed by atoms with E-state index in [0.717, 1.165) is 0 Å². The van der Waals surface area contributed by atoms with Crippen molar-refractivity contribution in [2.75, 3.05) is 7.11 Å². The molecule has 0 aromatic rings. The predicted molar refractivity (Wildman–Crippen MR) is 36.7 cm³/mol. The molecular weight excluding hydrogens is 134 g/mol. The van der Waals surface area contributed by atoms with Crippen molar-refractivity contribution in [2.45, 2.75) is 25.5 Å². The maximum atomic E-state index is 10.4. The lowest BCUT2D eigenvalue weighted by atomic mass is 9.98. The Labute approximate surface area is 60.0 Å². The summed E-state index contributed by atoms with van der Waals surface area (Å²) in [5.74, 6) is -1.05. The first-order chi connectivity index (χ1) is 4.42. The van der Waals surface area contributed by atoms with Crippen LogP contribution in [0.15, 0.2) is 0 Å². The summed E-state index contributed by atoms with van der Waals surface area (Å²) in [7, 11) is 1.43. The number of aliphatic carboxylic acids is 1. The summed E-state index contributed by atoms with van der Waals surface area (Å²) in [6.07, 6.45) is -0.481. The molecule has 0 aliphatic heterocycles. The molecule has 0 fully saturated rings. The minimum Gasteiger partial charge on any atom is -0.480 e. The molecule has 0 spiro atoms. The van der Waals surface area contributed by atoms with Gasteiger partial charge in [0.1, 0.15) is 5.54 Å². The van der Waals surface area contributed by atoms with Gasteiger partial charge in [-0.25, -0.2) is 0 Å². The number of ether oxygens (including phenoxy) is 1. The molecule has 0 bridgehead atoms. The molecule has 0 aromatic carbocycles. The van der Waals surface area contributed by atoms with Gasteiger partial charge in [0, 0.05) is 7.11 Å². The Morgan fingerprint density at radius 1 is 1.80 bits per heavy atom. The Bertz CT molecular complexity index is 133. The lowest BCUT2D eigenvalue weighted by Gasteiger charge is -2.25. The number of carboxylic acids is 1. The number of rotatable bonds is 3.